The number of hydrogen-bond acceptors (Lipinski definition) is 11. The zero-order chi connectivity index (χ0) is 37.0. The van der Waals surface area contributed by atoms with Crippen molar-refractivity contribution in [2.75, 3.05) is 71.0 Å². The molecular weight excluding hydrogens is 649 g/mol. The third kappa shape index (κ3) is 11.0. The summed E-state index contributed by atoms with van der Waals surface area (Å²) in [6.45, 7) is 20.4. The number of carboxylic acid groups (broad SMARTS) is 2. The summed E-state index contributed by atoms with van der Waals surface area (Å²) in [7, 11) is 2.18. The van der Waals surface area contributed by atoms with E-state index in [0.717, 1.165) is 58.9 Å². The molecule has 1 aromatic heterocycles. The molecule has 2 aliphatic heterocycles. The topological polar surface area (TPSA) is 162 Å². The average Bonchev–Trinajstić information content (AvgIpc) is 3.50. The van der Waals surface area contributed by atoms with E-state index in [1.165, 1.54) is 37.4 Å². The van der Waals surface area contributed by atoms with E-state index in [9.17, 15) is 9.18 Å². The molecule has 1 atom stereocenters. The van der Waals surface area contributed by atoms with Crippen LogP contribution >= 0.6 is 0 Å². The minimum atomic E-state index is -1.82. The summed E-state index contributed by atoms with van der Waals surface area (Å²) in [6, 6.07) is 4.52. The Morgan fingerprint density at radius 1 is 1.06 bits per heavy atom. The number of hydrogen-bond donors (Lipinski definition) is 2. The van der Waals surface area contributed by atoms with Gasteiger partial charge in [0.25, 0.3) is 11.8 Å². The van der Waals surface area contributed by atoms with Crippen LogP contribution in [0.25, 0.3) is 0 Å². The van der Waals surface area contributed by atoms with Crippen molar-refractivity contribution in [3.8, 4) is 11.6 Å². The molecule has 1 amide bonds. The van der Waals surface area contributed by atoms with Gasteiger partial charge in [-0.15, -0.1) is 10.2 Å². The SMILES string of the molecule is CCOCCN(C)CCC[C@H](C(C)C)N1CC2(CCN(c3ncnnc3Oc3ccc(F)cc3C(=O)N(CC)C(C)C)C2)C1.O=C(O)C(=O)O. The highest BCUT2D eigenvalue weighted by atomic mass is 19.1. The van der Waals surface area contributed by atoms with Crippen LogP contribution in [0.5, 0.6) is 11.6 Å². The molecule has 15 heteroatoms. The lowest BCUT2D eigenvalue weighted by molar-refractivity contribution is -0.159. The van der Waals surface area contributed by atoms with Crippen molar-refractivity contribution in [1.82, 2.24) is 29.9 Å². The van der Waals surface area contributed by atoms with Gasteiger partial charge in [0.15, 0.2) is 5.82 Å². The zero-order valence-electron chi connectivity index (χ0n) is 30.5. The lowest BCUT2D eigenvalue weighted by Crippen LogP contribution is -2.62. The summed E-state index contributed by atoms with van der Waals surface area (Å²) in [6.07, 6.45) is 4.86. The molecule has 4 rings (SSSR count). The fraction of sp³-hybridized carbons (Fsp3) is 0.657. The number of carbonyl (C=O) groups excluding carboxylic acids is 1. The van der Waals surface area contributed by atoms with Crippen LogP contribution in [0.3, 0.4) is 0 Å². The molecule has 0 radical (unpaired) electrons. The van der Waals surface area contributed by atoms with Crippen molar-refractivity contribution in [1.29, 1.82) is 0 Å². The maximum Gasteiger partial charge on any atom is 0.414 e. The summed E-state index contributed by atoms with van der Waals surface area (Å²) in [5, 5.41) is 23.0. The van der Waals surface area contributed by atoms with Crippen LogP contribution < -0.4 is 9.64 Å². The van der Waals surface area contributed by atoms with Gasteiger partial charge in [-0.05, 0) is 84.7 Å². The maximum atomic E-state index is 14.3. The Bertz CT molecular complexity index is 1410. The summed E-state index contributed by atoms with van der Waals surface area (Å²) in [5.74, 6) is -2.77. The predicted octanol–water partition coefficient (Wildman–Crippen LogP) is 4.11. The fourth-order valence-electron chi connectivity index (χ4n) is 6.71. The third-order valence-corrected chi connectivity index (χ3v) is 9.27. The standard InChI is InChI=1S/C33H52FN7O3.C2H2O4/c1-8-41(25(5)6)32(42)27-19-26(34)12-13-29(27)44-31-30(35-23-36-37-31)39-16-14-33(20-39)21-40(22-33)28(24(3)4)11-10-15-38(7)17-18-43-9-2;3-1(4)2(5)6/h12-13,19,23-25,28H,8-11,14-18,20-22H2,1-7H3;(H,3,4)(H,5,6)/t28-;/m1./s1. The molecule has 0 bridgehead atoms. The number of benzene rings is 1. The van der Waals surface area contributed by atoms with Crippen LogP contribution in [-0.4, -0.2) is 136 Å². The number of halogens is 1. The molecule has 278 valence electrons. The first-order valence-electron chi connectivity index (χ1n) is 17.4. The van der Waals surface area contributed by atoms with Crippen molar-refractivity contribution in [3.63, 3.8) is 0 Å². The fourth-order valence-corrected chi connectivity index (χ4v) is 6.71. The van der Waals surface area contributed by atoms with E-state index >= 15 is 0 Å². The number of likely N-dealkylation sites (N-methyl/N-ethyl adjacent to an activating group) is 1. The van der Waals surface area contributed by atoms with E-state index < -0.39 is 17.8 Å². The minimum absolute atomic E-state index is 0.0394. The summed E-state index contributed by atoms with van der Waals surface area (Å²) in [4.78, 5) is 45.0. The number of rotatable bonds is 16. The van der Waals surface area contributed by atoms with E-state index in [-0.39, 0.29) is 34.6 Å². The van der Waals surface area contributed by atoms with Crippen molar-refractivity contribution in [2.45, 2.75) is 72.9 Å². The minimum Gasteiger partial charge on any atom is -0.473 e. The molecule has 1 aromatic carbocycles. The van der Waals surface area contributed by atoms with Crippen LogP contribution in [0.2, 0.25) is 0 Å². The van der Waals surface area contributed by atoms with Gasteiger partial charge >= 0.3 is 11.9 Å². The van der Waals surface area contributed by atoms with Crippen molar-refractivity contribution in [3.05, 3.63) is 35.9 Å². The zero-order valence-corrected chi connectivity index (χ0v) is 30.5. The van der Waals surface area contributed by atoms with Crippen molar-refractivity contribution < 1.29 is 38.5 Å². The Balaban J connectivity index is 0.00000103. The maximum absolute atomic E-state index is 14.3. The summed E-state index contributed by atoms with van der Waals surface area (Å²) in [5.41, 5.74) is 0.365. The number of carbonyl (C=O) groups is 3. The van der Waals surface area contributed by atoms with E-state index in [1.54, 1.807) is 4.90 Å². The number of nitrogens with zero attached hydrogens (tertiary/aromatic N) is 7. The Morgan fingerprint density at radius 2 is 1.76 bits per heavy atom. The van der Waals surface area contributed by atoms with Gasteiger partial charge in [0.2, 0.25) is 0 Å². The quantitative estimate of drug-likeness (QED) is 0.190. The molecule has 2 saturated heterocycles. The van der Waals surface area contributed by atoms with Crippen molar-refractivity contribution >= 4 is 23.7 Å². The normalized spacial score (nSPS) is 15.9. The number of likely N-dealkylation sites (tertiary alicyclic amines) is 1. The van der Waals surface area contributed by atoms with Crippen molar-refractivity contribution in [2.24, 2.45) is 11.3 Å². The van der Waals surface area contributed by atoms with E-state index in [0.29, 0.717) is 24.3 Å². The second-order valence-electron chi connectivity index (χ2n) is 13.7. The van der Waals surface area contributed by atoms with Gasteiger partial charge < -0.3 is 34.4 Å². The molecule has 3 heterocycles. The second kappa shape index (κ2) is 18.9. The van der Waals surface area contributed by atoms with Crippen LogP contribution in [0.1, 0.15) is 71.2 Å². The van der Waals surface area contributed by atoms with Gasteiger partial charge in [0.05, 0.1) is 12.2 Å². The Kier molecular flexibility index (Phi) is 15.3. The lowest BCUT2D eigenvalue weighted by Gasteiger charge is -2.53. The highest BCUT2D eigenvalue weighted by Gasteiger charge is 2.50. The van der Waals surface area contributed by atoms with E-state index in [1.807, 2.05) is 27.7 Å². The largest absolute Gasteiger partial charge is 0.473 e. The predicted molar refractivity (Wildman–Crippen MR) is 186 cm³/mol. The average molecular weight is 704 g/mol. The third-order valence-electron chi connectivity index (χ3n) is 9.27. The Hall–Kier alpha value is -3.95. The van der Waals surface area contributed by atoms with Crippen LogP contribution in [0.4, 0.5) is 10.2 Å². The number of carboxylic acids is 2. The smallest absolute Gasteiger partial charge is 0.414 e. The number of anilines is 1. The first kappa shape index (κ1) is 40.5. The molecule has 0 aliphatic carbocycles. The molecule has 2 aliphatic rings. The summed E-state index contributed by atoms with van der Waals surface area (Å²) < 4.78 is 26.0. The van der Waals surface area contributed by atoms with Gasteiger partial charge in [0, 0.05) is 63.4 Å². The first-order valence-corrected chi connectivity index (χ1v) is 17.4. The van der Waals surface area contributed by atoms with Crippen LogP contribution in [0, 0.1) is 17.2 Å². The molecule has 14 nitrogen and oxygen atoms in total. The van der Waals surface area contributed by atoms with Gasteiger partial charge in [-0.1, -0.05) is 13.8 Å². The van der Waals surface area contributed by atoms with Crippen LogP contribution in [0.15, 0.2) is 24.5 Å². The van der Waals surface area contributed by atoms with E-state index in [4.69, 9.17) is 29.3 Å². The molecule has 0 unspecified atom stereocenters. The van der Waals surface area contributed by atoms with Crippen LogP contribution in [-0.2, 0) is 14.3 Å². The molecule has 1 spiro atoms. The van der Waals surface area contributed by atoms with Gasteiger partial charge in [0.1, 0.15) is 17.9 Å². The molecule has 2 fully saturated rings. The number of aromatic nitrogens is 3. The monoisotopic (exact) mass is 703 g/mol. The number of ether oxygens (including phenoxy) is 2. The molecule has 2 N–H and O–H groups in total. The molecule has 2 aromatic rings. The van der Waals surface area contributed by atoms with Gasteiger partial charge in [-0.25, -0.2) is 19.0 Å². The Morgan fingerprint density at radius 3 is 2.36 bits per heavy atom. The highest BCUT2D eigenvalue weighted by Crippen LogP contribution is 2.44. The summed E-state index contributed by atoms with van der Waals surface area (Å²) >= 11 is 0. The number of aliphatic carboxylic acids is 2. The molecule has 50 heavy (non-hydrogen) atoms. The van der Waals surface area contributed by atoms with Gasteiger partial charge in [-0.2, -0.15) is 0 Å². The molecule has 0 saturated carbocycles. The number of amides is 1. The second-order valence-corrected chi connectivity index (χ2v) is 13.7. The lowest BCUT2D eigenvalue weighted by atomic mass is 9.76. The van der Waals surface area contributed by atoms with Gasteiger partial charge in [-0.3, -0.25) is 9.69 Å². The first-order chi connectivity index (χ1) is 23.7. The molecular formula is C35H54FN7O7. The van der Waals surface area contributed by atoms with E-state index in [2.05, 4.69) is 50.8 Å². The Labute approximate surface area is 294 Å². The highest BCUT2D eigenvalue weighted by molar-refractivity contribution is 6.27.